The third-order valence-corrected chi connectivity index (χ3v) is 4.55. The summed E-state index contributed by atoms with van der Waals surface area (Å²) in [6, 6.07) is 12.7. The fourth-order valence-corrected chi connectivity index (χ4v) is 3.20. The number of rotatable bonds is 4. The van der Waals surface area contributed by atoms with Crippen LogP contribution < -0.4 is 10.5 Å². The molecule has 2 N–H and O–H groups in total. The summed E-state index contributed by atoms with van der Waals surface area (Å²) in [6.45, 7) is 1.94. The lowest BCUT2D eigenvalue weighted by Crippen LogP contribution is -2.02. The first-order valence-corrected chi connectivity index (χ1v) is 7.68. The summed E-state index contributed by atoms with van der Waals surface area (Å²) in [7, 11) is 0.272. The fourth-order valence-electron chi connectivity index (χ4n) is 2.02. The lowest BCUT2D eigenvalue weighted by Gasteiger charge is -2.09. The maximum Gasteiger partial charge on any atom is 0.136 e. The molecular formula is C16H16N2O2S. The Kier molecular flexibility index (Phi) is 4.61. The number of nitrogens with two attached hydrogens (primary N) is 1. The molecular weight excluding hydrogens is 284 g/mol. The van der Waals surface area contributed by atoms with Gasteiger partial charge in [0.25, 0.3) is 0 Å². The SMILES string of the molecule is COc1cc(CS(=O)c2ccc(C)cc2N)ccc1C#N. The van der Waals surface area contributed by atoms with Gasteiger partial charge in [-0.3, -0.25) is 4.21 Å². The van der Waals surface area contributed by atoms with Crippen LogP contribution in [-0.2, 0) is 16.6 Å². The minimum Gasteiger partial charge on any atom is -0.495 e. The van der Waals surface area contributed by atoms with Crippen LogP contribution in [0, 0.1) is 18.3 Å². The minimum atomic E-state index is -1.24. The highest BCUT2D eigenvalue weighted by molar-refractivity contribution is 7.84. The molecule has 0 aliphatic heterocycles. The molecule has 0 aliphatic carbocycles. The second-order valence-electron chi connectivity index (χ2n) is 4.68. The van der Waals surface area contributed by atoms with Crippen LogP contribution in [0.5, 0.6) is 5.75 Å². The zero-order valence-corrected chi connectivity index (χ0v) is 12.7. The van der Waals surface area contributed by atoms with E-state index in [2.05, 4.69) is 6.07 Å². The molecule has 0 amide bonds. The number of anilines is 1. The van der Waals surface area contributed by atoms with Crippen LogP contribution in [0.15, 0.2) is 41.3 Å². The maximum atomic E-state index is 12.4. The van der Waals surface area contributed by atoms with Gasteiger partial charge in [-0.15, -0.1) is 0 Å². The van der Waals surface area contributed by atoms with Gasteiger partial charge in [0.2, 0.25) is 0 Å². The summed E-state index contributed by atoms with van der Waals surface area (Å²) in [5, 5.41) is 8.96. The average molecular weight is 300 g/mol. The van der Waals surface area contributed by atoms with E-state index in [1.54, 1.807) is 24.3 Å². The quantitative estimate of drug-likeness (QED) is 0.881. The second-order valence-corrected chi connectivity index (χ2v) is 6.10. The lowest BCUT2D eigenvalue weighted by molar-refractivity contribution is 0.413. The van der Waals surface area contributed by atoms with Gasteiger partial charge in [-0.05, 0) is 42.3 Å². The van der Waals surface area contributed by atoms with Gasteiger partial charge in [-0.25, -0.2) is 0 Å². The zero-order valence-electron chi connectivity index (χ0n) is 11.9. The highest BCUT2D eigenvalue weighted by Crippen LogP contribution is 2.24. The average Bonchev–Trinajstić information content (AvgIpc) is 2.46. The van der Waals surface area contributed by atoms with Crippen LogP contribution in [0.3, 0.4) is 0 Å². The van der Waals surface area contributed by atoms with Crippen LogP contribution in [0.1, 0.15) is 16.7 Å². The van der Waals surface area contributed by atoms with Crippen LogP contribution in [-0.4, -0.2) is 11.3 Å². The minimum absolute atomic E-state index is 0.329. The summed E-state index contributed by atoms with van der Waals surface area (Å²) in [5.74, 6) is 0.818. The Morgan fingerprint density at radius 2 is 2.05 bits per heavy atom. The number of hydrogen-bond acceptors (Lipinski definition) is 4. The molecule has 0 aromatic heterocycles. The molecule has 0 radical (unpaired) electrons. The largest absolute Gasteiger partial charge is 0.495 e. The van der Waals surface area contributed by atoms with Crippen molar-refractivity contribution in [2.75, 3.05) is 12.8 Å². The third kappa shape index (κ3) is 3.41. The van der Waals surface area contributed by atoms with E-state index in [9.17, 15) is 4.21 Å². The Morgan fingerprint density at radius 3 is 2.67 bits per heavy atom. The number of ether oxygens (including phenoxy) is 1. The molecule has 1 unspecified atom stereocenters. The standard InChI is InChI=1S/C16H16N2O2S/c1-11-3-6-16(14(18)7-11)21(19)10-12-4-5-13(9-17)15(8-12)20-2/h3-8H,10,18H2,1-2H3. The van der Waals surface area contributed by atoms with Gasteiger partial charge < -0.3 is 10.5 Å². The van der Waals surface area contributed by atoms with Crippen LogP contribution in [0.4, 0.5) is 5.69 Å². The number of methoxy groups -OCH3 is 1. The molecule has 4 nitrogen and oxygen atoms in total. The van der Waals surface area contributed by atoms with Crippen LogP contribution in [0.2, 0.25) is 0 Å². The van der Waals surface area contributed by atoms with Crippen molar-refractivity contribution in [3.8, 4) is 11.8 Å². The topological polar surface area (TPSA) is 76.1 Å². The van der Waals surface area contributed by atoms with Crippen molar-refractivity contribution in [1.82, 2.24) is 0 Å². The van der Waals surface area contributed by atoms with E-state index in [-0.39, 0.29) is 0 Å². The Balaban J connectivity index is 2.26. The van der Waals surface area contributed by atoms with Crippen molar-refractivity contribution < 1.29 is 8.95 Å². The highest BCUT2D eigenvalue weighted by atomic mass is 32.2. The molecule has 0 bridgehead atoms. The van der Waals surface area contributed by atoms with Crippen LogP contribution >= 0.6 is 0 Å². The Bertz CT molecular complexity index is 736. The van der Waals surface area contributed by atoms with Crippen LogP contribution in [0.25, 0.3) is 0 Å². The lowest BCUT2D eigenvalue weighted by atomic mass is 10.1. The number of nitrogens with zero attached hydrogens (tertiary/aromatic N) is 1. The van der Waals surface area contributed by atoms with Gasteiger partial charge in [-0.1, -0.05) is 12.1 Å². The fraction of sp³-hybridized carbons (Fsp3) is 0.188. The first-order chi connectivity index (χ1) is 10.0. The van der Waals surface area contributed by atoms with Crippen molar-refractivity contribution in [2.24, 2.45) is 0 Å². The molecule has 0 saturated heterocycles. The first-order valence-electron chi connectivity index (χ1n) is 6.36. The maximum absolute atomic E-state index is 12.4. The number of benzene rings is 2. The Morgan fingerprint density at radius 1 is 1.29 bits per heavy atom. The first kappa shape index (κ1) is 15.1. The third-order valence-electron chi connectivity index (χ3n) is 3.09. The number of nitrogen functional groups attached to an aromatic ring is 1. The summed E-state index contributed by atoms with van der Waals surface area (Å²) < 4.78 is 17.6. The van der Waals surface area contributed by atoms with Crippen molar-refractivity contribution in [3.05, 3.63) is 53.1 Å². The molecule has 2 aromatic rings. The predicted octanol–water partition coefficient (Wildman–Crippen LogP) is 2.77. The normalized spacial score (nSPS) is 11.7. The van der Waals surface area contributed by atoms with Gasteiger partial charge in [0, 0.05) is 5.69 Å². The molecule has 2 rings (SSSR count). The van der Waals surface area contributed by atoms with E-state index in [0.717, 1.165) is 11.1 Å². The number of nitriles is 1. The highest BCUT2D eigenvalue weighted by Gasteiger charge is 2.11. The molecule has 1 atom stereocenters. The molecule has 0 aliphatic rings. The molecule has 21 heavy (non-hydrogen) atoms. The van der Waals surface area contributed by atoms with Gasteiger partial charge in [0.05, 0.1) is 34.1 Å². The molecule has 0 saturated carbocycles. The van der Waals surface area contributed by atoms with E-state index in [1.807, 2.05) is 19.1 Å². The van der Waals surface area contributed by atoms with Gasteiger partial charge in [0.15, 0.2) is 0 Å². The number of aryl methyl sites for hydroxylation is 1. The van der Waals surface area contributed by atoms with Crippen molar-refractivity contribution in [2.45, 2.75) is 17.6 Å². The summed E-state index contributed by atoms with van der Waals surface area (Å²) >= 11 is 0. The molecule has 0 heterocycles. The summed E-state index contributed by atoms with van der Waals surface area (Å²) in [6.07, 6.45) is 0. The predicted molar refractivity (Wildman–Crippen MR) is 83.4 cm³/mol. The van der Waals surface area contributed by atoms with E-state index in [0.29, 0.717) is 27.6 Å². The monoisotopic (exact) mass is 300 g/mol. The second kappa shape index (κ2) is 6.42. The van der Waals surface area contributed by atoms with E-state index >= 15 is 0 Å². The molecule has 0 fully saturated rings. The van der Waals surface area contributed by atoms with Gasteiger partial charge in [-0.2, -0.15) is 5.26 Å². The van der Waals surface area contributed by atoms with E-state index in [1.165, 1.54) is 7.11 Å². The van der Waals surface area contributed by atoms with Crippen molar-refractivity contribution in [3.63, 3.8) is 0 Å². The summed E-state index contributed by atoms with van der Waals surface area (Å²) in [5.41, 5.74) is 8.79. The summed E-state index contributed by atoms with van der Waals surface area (Å²) in [4.78, 5) is 0.629. The zero-order chi connectivity index (χ0) is 15.4. The molecule has 0 spiro atoms. The van der Waals surface area contributed by atoms with E-state index < -0.39 is 10.8 Å². The van der Waals surface area contributed by atoms with Crippen molar-refractivity contribution >= 4 is 16.5 Å². The Hall–Kier alpha value is -2.32. The van der Waals surface area contributed by atoms with Crippen molar-refractivity contribution in [1.29, 1.82) is 5.26 Å². The smallest absolute Gasteiger partial charge is 0.136 e. The number of hydrogen-bond donors (Lipinski definition) is 1. The van der Waals surface area contributed by atoms with Gasteiger partial charge >= 0.3 is 0 Å². The van der Waals surface area contributed by atoms with E-state index in [4.69, 9.17) is 15.7 Å². The van der Waals surface area contributed by atoms with Gasteiger partial charge in [0.1, 0.15) is 11.8 Å². The molecule has 2 aromatic carbocycles. The molecule has 5 heteroatoms. The Labute approximate surface area is 126 Å². The molecule has 108 valence electrons.